The molecule has 4 rings (SSSR count). The summed E-state index contributed by atoms with van der Waals surface area (Å²) in [5, 5.41) is 3.68. The summed E-state index contributed by atoms with van der Waals surface area (Å²) in [6.45, 7) is 5.27. The van der Waals surface area contributed by atoms with Gasteiger partial charge >= 0.3 is 0 Å². The average Bonchev–Trinajstić information content (AvgIpc) is 3.25. The zero-order valence-electron chi connectivity index (χ0n) is 18.8. The highest BCUT2D eigenvalue weighted by atomic mass is 16.5. The Morgan fingerprint density at radius 1 is 1.16 bits per heavy atom. The Bertz CT molecular complexity index is 1100. The smallest absolute Gasteiger partial charge is 0.223 e. The molecule has 168 valence electrons. The molecule has 7 heteroatoms. The molecule has 1 aliphatic heterocycles. The van der Waals surface area contributed by atoms with Crippen LogP contribution in [0.1, 0.15) is 33.1 Å². The molecule has 0 saturated carbocycles. The van der Waals surface area contributed by atoms with Crippen molar-refractivity contribution in [2.24, 2.45) is 5.92 Å². The second kappa shape index (κ2) is 9.85. The summed E-state index contributed by atoms with van der Waals surface area (Å²) in [6.07, 6.45) is 4.24. The number of nitrogens with zero attached hydrogens (tertiary/aromatic N) is 2. The Hall–Kier alpha value is -3.35. The van der Waals surface area contributed by atoms with Crippen LogP contribution in [0.3, 0.4) is 0 Å². The van der Waals surface area contributed by atoms with E-state index in [0.717, 1.165) is 40.8 Å². The van der Waals surface area contributed by atoms with Gasteiger partial charge in [-0.2, -0.15) is 0 Å². The van der Waals surface area contributed by atoms with Gasteiger partial charge in [-0.25, -0.2) is 4.98 Å². The second-order valence-electron chi connectivity index (χ2n) is 7.99. The lowest BCUT2D eigenvalue weighted by Gasteiger charge is -2.18. The van der Waals surface area contributed by atoms with Crippen molar-refractivity contribution in [3.05, 3.63) is 42.6 Å². The van der Waals surface area contributed by atoms with Gasteiger partial charge in [0.15, 0.2) is 11.5 Å². The summed E-state index contributed by atoms with van der Waals surface area (Å²) in [5.74, 6) is 2.10. The molecule has 1 amide bonds. The highest BCUT2D eigenvalue weighted by molar-refractivity contribution is 5.87. The Balaban J connectivity index is 1.65. The maximum atomic E-state index is 11.5. The minimum atomic E-state index is 0.0645. The number of rotatable bonds is 9. The Morgan fingerprint density at radius 3 is 2.72 bits per heavy atom. The molecule has 1 fully saturated rings. The molecule has 1 aliphatic rings. The number of carbonyl (C=O) groups is 1. The molecule has 32 heavy (non-hydrogen) atoms. The van der Waals surface area contributed by atoms with Crippen LogP contribution >= 0.6 is 0 Å². The van der Waals surface area contributed by atoms with Crippen LogP contribution in [0.25, 0.3) is 22.2 Å². The summed E-state index contributed by atoms with van der Waals surface area (Å²) in [5.41, 5.74) is 2.41. The molecule has 3 aromatic rings. The van der Waals surface area contributed by atoms with E-state index in [9.17, 15) is 4.79 Å². The summed E-state index contributed by atoms with van der Waals surface area (Å²) in [6, 6.07) is 11.6. The number of nitrogens with one attached hydrogen (secondary N) is 1. The maximum Gasteiger partial charge on any atom is 0.223 e. The number of fused-ring (bicyclic) bond motifs is 1. The zero-order valence-corrected chi connectivity index (χ0v) is 18.8. The Labute approximate surface area is 188 Å². The minimum Gasteiger partial charge on any atom is -0.493 e. The topological polar surface area (TPSA) is 82.6 Å². The predicted molar refractivity (Wildman–Crippen MR) is 123 cm³/mol. The van der Waals surface area contributed by atoms with Gasteiger partial charge in [0, 0.05) is 30.6 Å². The minimum absolute atomic E-state index is 0.0645. The third kappa shape index (κ3) is 4.77. The van der Waals surface area contributed by atoms with Gasteiger partial charge in [-0.3, -0.25) is 9.78 Å². The van der Waals surface area contributed by atoms with Crippen molar-refractivity contribution in [2.75, 3.05) is 20.3 Å². The van der Waals surface area contributed by atoms with Crippen LogP contribution in [0, 0.1) is 5.92 Å². The van der Waals surface area contributed by atoms with Gasteiger partial charge < -0.3 is 19.5 Å². The number of hydrogen-bond acceptors (Lipinski definition) is 6. The summed E-state index contributed by atoms with van der Waals surface area (Å²) in [4.78, 5) is 20.8. The molecule has 7 nitrogen and oxygen atoms in total. The van der Waals surface area contributed by atoms with Crippen LogP contribution in [0.4, 0.5) is 0 Å². The molecule has 0 unspecified atom stereocenters. The van der Waals surface area contributed by atoms with Crippen molar-refractivity contribution in [1.29, 1.82) is 0 Å². The monoisotopic (exact) mass is 435 g/mol. The van der Waals surface area contributed by atoms with Crippen LogP contribution in [0.5, 0.6) is 17.4 Å². The number of amides is 1. The lowest BCUT2D eigenvalue weighted by atomic mass is 10.1. The number of hydrogen-bond donors (Lipinski definition) is 1. The quantitative estimate of drug-likeness (QED) is 0.537. The summed E-state index contributed by atoms with van der Waals surface area (Å²) < 4.78 is 17.8. The van der Waals surface area contributed by atoms with Gasteiger partial charge in [0.25, 0.3) is 0 Å². The second-order valence-corrected chi connectivity index (χ2v) is 7.99. The summed E-state index contributed by atoms with van der Waals surface area (Å²) in [7, 11) is 1.64. The van der Waals surface area contributed by atoms with Crippen LogP contribution in [-0.4, -0.2) is 42.2 Å². The third-order valence-electron chi connectivity index (χ3n) is 5.75. The van der Waals surface area contributed by atoms with E-state index in [1.807, 2.05) is 36.4 Å². The highest BCUT2D eigenvalue weighted by Crippen LogP contribution is 2.35. The lowest BCUT2D eigenvalue weighted by Crippen LogP contribution is -2.17. The number of pyridine rings is 2. The van der Waals surface area contributed by atoms with E-state index in [1.54, 1.807) is 13.3 Å². The standard InChI is InChI=1S/C25H29N3O4/c1-4-18(5-2)32-22-9-8-17(12-23(22)30-3)20-13-21-19(7-6-10-26-21)25(28-20)31-15-16-11-24(29)27-14-16/h6-10,12-13,16,18H,4-5,11,14-15H2,1-3H3,(H,27,29)/t16-/m1/s1. The van der Waals surface area contributed by atoms with E-state index in [4.69, 9.17) is 19.2 Å². The fourth-order valence-electron chi connectivity index (χ4n) is 3.84. The first kappa shape index (κ1) is 21.9. The Kier molecular flexibility index (Phi) is 6.73. The lowest BCUT2D eigenvalue weighted by molar-refractivity contribution is -0.119. The first-order chi connectivity index (χ1) is 15.6. The van der Waals surface area contributed by atoms with Gasteiger partial charge in [0.05, 0.1) is 36.4 Å². The molecule has 0 spiro atoms. The number of methoxy groups -OCH3 is 1. The van der Waals surface area contributed by atoms with Crippen LogP contribution < -0.4 is 19.5 Å². The number of ether oxygens (including phenoxy) is 3. The normalized spacial score (nSPS) is 15.8. The number of aromatic nitrogens is 2. The molecule has 0 bridgehead atoms. The fourth-order valence-corrected chi connectivity index (χ4v) is 3.84. The number of carbonyl (C=O) groups excluding carboxylic acids is 1. The molecular formula is C25H29N3O4. The largest absolute Gasteiger partial charge is 0.493 e. The van der Waals surface area contributed by atoms with Crippen molar-refractivity contribution >= 4 is 16.8 Å². The van der Waals surface area contributed by atoms with Crippen molar-refractivity contribution in [3.63, 3.8) is 0 Å². The maximum absolute atomic E-state index is 11.5. The first-order valence-electron chi connectivity index (χ1n) is 11.1. The molecule has 1 aromatic carbocycles. The third-order valence-corrected chi connectivity index (χ3v) is 5.75. The number of benzene rings is 1. The first-order valence-corrected chi connectivity index (χ1v) is 11.1. The van der Waals surface area contributed by atoms with E-state index >= 15 is 0 Å². The van der Waals surface area contributed by atoms with Crippen LogP contribution in [-0.2, 0) is 4.79 Å². The van der Waals surface area contributed by atoms with Gasteiger partial charge in [-0.05, 0) is 49.2 Å². The van der Waals surface area contributed by atoms with Gasteiger partial charge in [0.1, 0.15) is 0 Å². The molecular weight excluding hydrogens is 406 g/mol. The van der Waals surface area contributed by atoms with E-state index in [-0.39, 0.29) is 17.9 Å². The molecule has 1 saturated heterocycles. The van der Waals surface area contributed by atoms with Crippen molar-refractivity contribution in [3.8, 4) is 28.6 Å². The fraction of sp³-hybridized carbons (Fsp3) is 0.400. The van der Waals surface area contributed by atoms with E-state index in [0.29, 0.717) is 31.2 Å². The average molecular weight is 436 g/mol. The van der Waals surface area contributed by atoms with E-state index in [2.05, 4.69) is 24.1 Å². The highest BCUT2D eigenvalue weighted by Gasteiger charge is 2.23. The van der Waals surface area contributed by atoms with Gasteiger partial charge in [0.2, 0.25) is 11.8 Å². The van der Waals surface area contributed by atoms with Gasteiger partial charge in [-0.1, -0.05) is 13.8 Å². The molecule has 1 atom stereocenters. The van der Waals surface area contributed by atoms with Gasteiger partial charge in [-0.15, -0.1) is 0 Å². The molecule has 2 aromatic heterocycles. The zero-order chi connectivity index (χ0) is 22.5. The SMILES string of the molecule is CCC(CC)Oc1ccc(-c2cc3ncccc3c(OC[C@H]3CNC(=O)C3)n2)cc1OC. The van der Waals surface area contributed by atoms with Crippen LogP contribution in [0.15, 0.2) is 42.6 Å². The van der Waals surface area contributed by atoms with Crippen molar-refractivity contribution < 1.29 is 19.0 Å². The van der Waals surface area contributed by atoms with Crippen molar-refractivity contribution in [1.82, 2.24) is 15.3 Å². The summed E-state index contributed by atoms with van der Waals surface area (Å²) >= 11 is 0. The van der Waals surface area contributed by atoms with E-state index in [1.165, 1.54) is 0 Å². The molecule has 1 N–H and O–H groups in total. The molecule has 3 heterocycles. The van der Waals surface area contributed by atoms with E-state index < -0.39 is 0 Å². The van der Waals surface area contributed by atoms with Crippen LogP contribution in [0.2, 0.25) is 0 Å². The molecule has 0 aliphatic carbocycles. The Morgan fingerprint density at radius 2 is 2.00 bits per heavy atom. The molecule has 0 radical (unpaired) electrons. The predicted octanol–water partition coefficient (Wildman–Crippen LogP) is 4.39. The van der Waals surface area contributed by atoms with Crippen molar-refractivity contribution in [2.45, 2.75) is 39.2 Å².